The maximum absolute atomic E-state index is 12.4. The van der Waals surface area contributed by atoms with Crippen molar-refractivity contribution in [2.75, 3.05) is 24.4 Å². The molecule has 21 heavy (non-hydrogen) atoms. The van der Waals surface area contributed by atoms with E-state index < -0.39 is 10.2 Å². The van der Waals surface area contributed by atoms with Crippen LogP contribution in [-0.4, -0.2) is 32.4 Å². The number of nitrogens with zero attached hydrogens (tertiary/aromatic N) is 1. The lowest BCUT2D eigenvalue weighted by Crippen LogP contribution is -2.42. The molecule has 2 rings (SSSR count). The number of benzene rings is 1. The Balaban J connectivity index is 2.15. The monoisotopic (exact) mass is 415 g/mol. The van der Waals surface area contributed by atoms with Gasteiger partial charge in [0, 0.05) is 17.6 Å². The molecule has 5 nitrogen and oxygen atoms in total. The maximum atomic E-state index is 12.4. The molecule has 0 amide bonds. The zero-order chi connectivity index (χ0) is 15.6. The third-order valence-corrected chi connectivity index (χ3v) is 6.05. The summed E-state index contributed by atoms with van der Waals surface area (Å²) in [6.07, 6.45) is 1.53. The fourth-order valence-corrected chi connectivity index (χ4v) is 4.93. The van der Waals surface area contributed by atoms with Crippen LogP contribution in [0.5, 0.6) is 0 Å². The first-order chi connectivity index (χ1) is 9.83. The third-order valence-electron chi connectivity index (χ3n) is 3.48. The van der Waals surface area contributed by atoms with E-state index in [0.29, 0.717) is 30.0 Å². The second kappa shape index (κ2) is 7.02. The van der Waals surface area contributed by atoms with Crippen molar-refractivity contribution in [2.45, 2.75) is 12.8 Å². The smallest absolute Gasteiger partial charge is 0.301 e. The Labute approximate surface area is 143 Å². The Kier molecular flexibility index (Phi) is 5.78. The summed E-state index contributed by atoms with van der Waals surface area (Å²) in [6, 6.07) is 3.18. The molecule has 1 heterocycles. The molecule has 0 saturated carbocycles. The number of rotatable bonds is 4. The molecule has 0 unspecified atom stereocenters. The lowest BCUT2D eigenvalue weighted by molar-refractivity contribution is 0.280. The quantitative estimate of drug-likeness (QED) is 0.791. The zero-order valence-corrected chi connectivity index (χ0v) is 15.1. The van der Waals surface area contributed by atoms with Gasteiger partial charge in [0.1, 0.15) is 0 Å². The predicted octanol–water partition coefficient (Wildman–Crippen LogP) is 3.08. The summed E-state index contributed by atoms with van der Waals surface area (Å²) in [5.41, 5.74) is 5.81. The molecule has 0 aliphatic carbocycles. The highest BCUT2D eigenvalue weighted by Gasteiger charge is 2.28. The van der Waals surface area contributed by atoms with E-state index in [2.05, 4.69) is 20.7 Å². The Morgan fingerprint density at radius 3 is 2.29 bits per heavy atom. The molecule has 1 aromatic carbocycles. The van der Waals surface area contributed by atoms with Crippen molar-refractivity contribution < 1.29 is 8.42 Å². The molecular formula is C12H16BrCl2N3O2S. The number of nitrogens with two attached hydrogens (primary N) is 1. The van der Waals surface area contributed by atoms with Crippen molar-refractivity contribution in [3.05, 3.63) is 26.7 Å². The first-order valence-corrected chi connectivity index (χ1v) is 9.45. The van der Waals surface area contributed by atoms with Gasteiger partial charge in [0.2, 0.25) is 0 Å². The summed E-state index contributed by atoms with van der Waals surface area (Å²) in [6.45, 7) is 1.48. The van der Waals surface area contributed by atoms with Crippen molar-refractivity contribution in [3.8, 4) is 0 Å². The van der Waals surface area contributed by atoms with E-state index in [1.165, 1.54) is 4.31 Å². The fraction of sp³-hybridized carbons (Fsp3) is 0.500. The largest absolute Gasteiger partial charge is 0.330 e. The van der Waals surface area contributed by atoms with Crippen molar-refractivity contribution in [1.82, 2.24) is 4.31 Å². The number of piperidine rings is 1. The number of hydrogen-bond donors (Lipinski definition) is 2. The standard InChI is InChI=1S/C12H16BrCl2N3O2S/c13-9-5-10(14)12(11(15)6-9)17-21(19,20)18-3-1-8(7-16)2-4-18/h5-6,8,17H,1-4,7,16H2. The van der Waals surface area contributed by atoms with Crippen LogP contribution in [0.4, 0.5) is 5.69 Å². The van der Waals surface area contributed by atoms with Gasteiger partial charge < -0.3 is 5.73 Å². The molecule has 0 spiro atoms. The van der Waals surface area contributed by atoms with Gasteiger partial charge in [-0.3, -0.25) is 4.72 Å². The van der Waals surface area contributed by atoms with Crippen LogP contribution in [0.2, 0.25) is 10.0 Å². The van der Waals surface area contributed by atoms with E-state index in [1.54, 1.807) is 12.1 Å². The summed E-state index contributed by atoms with van der Waals surface area (Å²) < 4.78 is 29.3. The SMILES string of the molecule is NCC1CCN(S(=O)(=O)Nc2c(Cl)cc(Br)cc2Cl)CC1. The van der Waals surface area contributed by atoms with Gasteiger partial charge in [0.15, 0.2) is 0 Å². The van der Waals surface area contributed by atoms with Gasteiger partial charge in [-0.05, 0) is 37.4 Å². The van der Waals surface area contributed by atoms with Crippen LogP contribution in [0.25, 0.3) is 0 Å². The van der Waals surface area contributed by atoms with Crippen LogP contribution in [0.3, 0.4) is 0 Å². The molecule has 1 aliphatic rings. The van der Waals surface area contributed by atoms with E-state index >= 15 is 0 Å². The van der Waals surface area contributed by atoms with Gasteiger partial charge in [-0.25, -0.2) is 0 Å². The van der Waals surface area contributed by atoms with Crippen LogP contribution < -0.4 is 10.5 Å². The molecule has 1 saturated heterocycles. The van der Waals surface area contributed by atoms with Gasteiger partial charge in [-0.2, -0.15) is 12.7 Å². The van der Waals surface area contributed by atoms with Crippen LogP contribution in [0.1, 0.15) is 12.8 Å². The third kappa shape index (κ3) is 4.24. The van der Waals surface area contributed by atoms with Gasteiger partial charge in [-0.1, -0.05) is 39.1 Å². The average molecular weight is 417 g/mol. The Hall–Kier alpha value is -0.0500. The number of nitrogens with one attached hydrogen (secondary N) is 1. The van der Waals surface area contributed by atoms with E-state index in [9.17, 15) is 8.42 Å². The summed E-state index contributed by atoms with van der Waals surface area (Å²) in [5.74, 6) is 0.385. The minimum atomic E-state index is -3.67. The van der Waals surface area contributed by atoms with E-state index in [0.717, 1.165) is 12.8 Å². The van der Waals surface area contributed by atoms with E-state index in [4.69, 9.17) is 28.9 Å². The highest BCUT2D eigenvalue weighted by Crippen LogP contribution is 2.35. The predicted molar refractivity (Wildman–Crippen MR) is 90.1 cm³/mol. The summed E-state index contributed by atoms with van der Waals surface area (Å²) in [5, 5.41) is 0.490. The molecule has 0 radical (unpaired) electrons. The molecule has 0 aromatic heterocycles. The summed E-state index contributed by atoms with van der Waals surface area (Å²) >= 11 is 15.3. The normalized spacial score (nSPS) is 17.9. The van der Waals surface area contributed by atoms with Crippen molar-refractivity contribution in [1.29, 1.82) is 0 Å². The van der Waals surface area contributed by atoms with Crippen LogP contribution in [0.15, 0.2) is 16.6 Å². The lowest BCUT2D eigenvalue weighted by atomic mass is 9.99. The van der Waals surface area contributed by atoms with Crippen molar-refractivity contribution >= 4 is 55.0 Å². The molecule has 1 aliphatic heterocycles. The van der Waals surface area contributed by atoms with Gasteiger partial charge in [0.25, 0.3) is 0 Å². The van der Waals surface area contributed by atoms with Crippen molar-refractivity contribution in [3.63, 3.8) is 0 Å². The molecule has 1 aromatic rings. The minimum Gasteiger partial charge on any atom is -0.330 e. The van der Waals surface area contributed by atoms with Crippen LogP contribution in [0, 0.1) is 5.92 Å². The van der Waals surface area contributed by atoms with Gasteiger partial charge in [0.05, 0.1) is 15.7 Å². The zero-order valence-electron chi connectivity index (χ0n) is 11.2. The van der Waals surface area contributed by atoms with Gasteiger partial charge >= 0.3 is 10.2 Å². The molecule has 1 fully saturated rings. The Morgan fingerprint density at radius 2 is 1.81 bits per heavy atom. The number of anilines is 1. The topological polar surface area (TPSA) is 75.4 Å². The minimum absolute atomic E-state index is 0.197. The molecule has 0 atom stereocenters. The highest BCUT2D eigenvalue weighted by molar-refractivity contribution is 9.10. The average Bonchev–Trinajstić information content (AvgIpc) is 2.43. The van der Waals surface area contributed by atoms with Crippen LogP contribution in [-0.2, 0) is 10.2 Å². The second-order valence-electron chi connectivity index (χ2n) is 4.93. The Morgan fingerprint density at radius 1 is 1.29 bits per heavy atom. The molecule has 3 N–H and O–H groups in total. The first-order valence-electron chi connectivity index (χ1n) is 6.46. The summed E-state index contributed by atoms with van der Waals surface area (Å²) in [4.78, 5) is 0. The van der Waals surface area contributed by atoms with E-state index in [1.807, 2.05) is 0 Å². The first kappa shape index (κ1) is 17.3. The Bertz CT molecular complexity index is 596. The van der Waals surface area contributed by atoms with Crippen LogP contribution >= 0.6 is 39.1 Å². The fourth-order valence-electron chi connectivity index (χ4n) is 2.22. The molecule has 0 bridgehead atoms. The van der Waals surface area contributed by atoms with Crippen molar-refractivity contribution in [2.24, 2.45) is 11.7 Å². The molecule has 118 valence electrons. The summed E-state index contributed by atoms with van der Waals surface area (Å²) in [7, 11) is -3.67. The highest BCUT2D eigenvalue weighted by atomic mass is 79.9. The maximum Gasteiger partial charge on any atom is 0.301 e. The second-order valence-corrected chi connectivity index (χ2v) is 8.33. The molecular weight excluding hydrogens is 401 g/mol. The molecule has 9 heteroatoms. The lowest BCUT2D eigenvalue weighted by Gasteiger charge is -2.30. The number of halogens is 3. The van der Waals surface area contributed by atoms with Gasteiger partial charge in [-0.15, -0.1) is 0 Å². The van der Waals surface area contributed by atoms with E-state index in [-0.39, 0.29) is 15.7 Å². The number of hydrogen-bond acceptors (Lipinski definition) is 3.